The van der Waals surface area contributed by atoms with Gasteiger partial charge < -0.3 is 4.90 Å². The third-order valence-corrected chi connectivity index (χ3v) is 4.41. The molecule has 0 bridgehead atoms. The lowest BCUT2D eigenvalue weighted by Gasteiger charge is -2.22. The predicted molar refractivity (Wildman–Crippen MR) is 93.7 cm³/mol. The molecule has 1 saturated heterocycles. The second-order valence-electron chi connectivity index (χ2n) is 6.06. The van der Waals surface area contributed by atoms with Crippen molar-refractivity contribution in [3.63, 3.8) is 0 Å². The van der Waals surface area contributed by atoms with E-state index in [1.165, 1.54) is 55.7 Å². The standard InChI is InChI=1S/C20H25N2/c1-21-15-7-4-8-19(21)12-9-18-10-13-20(14-11-18)22-16-5-2-3-6-17-22/h4,7-15H,2-3,5-6,16-17H2,1H3/q+1. The van der Waals surface area contributed by atoms with E-state index in [1.54, 1.807) is 0 Å². The van der Waals surface area contributed by atoms with E-state index in [1.807, 2.05) is 6.07 Å². The van der Waals surface area contributed by atoms with E-state index >= 15 is 0 Å². The van der Waals surface area contributed by atoms with Gasteiger partial charge in [0.1, 0.15) is 7.05 Å². The van der Waals surface area contributed by atoms with Crippen LogP contribution in [-0.2, 0) is 7.05 Å². The van der Waals surface area contributed by atoms with Crippen molar-refractivity contribution >= 4 is 17.8 Å². The average Bonchev–Trinajstić information content (AvgIpc) is 2.84. The van der Waals surface area contributed by atoms with E-state index in [9.17, 15) is 0 Å². The van der Waals surface area contributed by atoms with E-state index in [0.29, 0.717) is 0 Å². The second kappa shape index (κ2) is 7.26. The zero-order valence-corrected chi connectivity index (χ0v) is 13.4. The van der Waals surface area contributed by atoms with Crippen LogP contribution in [0.2, 0.25) is 0 Å². The molecule has 2 heterocycles. The maximum atomic E-state index is 2.53. The Hall–Kier alpha value is -2.09. The number of nitrogens with zero attached hydrogens (tertiary/aromatic N) is 2. The maximum Gasteiger partial charge on any atom is 0.204 e. The molecule has 3 rings (SSSR count). The van der Waals surface area contributed by atoms with Crippen molar-refractivity contribution in [3.8, 4) is 0 Å². The molecule has 1 aromatic heterocycles. The third kappa shape index (κ3) is 3.76. The lowest BCUT2D eigenvalue weighted by atomic mass is 10.1. The van der Waals surface area contributed by atoms with Crippen LogP contribution in [0.4, 0.5) is 5.69 Å². The largest absolute Gasteiger partial charge is 0.372 e. The van der Waals surface area contributed by atoms with Gasteiger partial charge in [0.15, 0.2) is 6.20 Å². The first-order valence-electron chi connectivity index (χ1n) is 8.31. The zero-order valence-electron chi connectivity index (χ0n) is 13.4. The minimum Gasteiger partial charge on any atom is -0.372 e. The Kier molecular flexibility index (Phi) is 4.89. The highest BCUT2D eigenvalue weighted by Crippen LogP contribution is 2.20. The molecule has 114 valence electrons. The van der Waals surface area contributed by atoms with Gasteiger partial charge in [0.25, 0.3) is 0 Å². The molecule has 0 aliphatic carbocycles. The number of anilines is 1. The van der Waals surface area contributed by atoms with E-state index < -0.39 is 0 Å². The summed E-state index contributed by atoms with van der Waals surface area (Å²) < 4.78 is 2.13. The maximum absolute atomic E-state index is 2.53. The van der Waals surface area contributed by atoms with Crippen LogP contribution in [0.3, 0.4) is 0 Å². The molecule has 0 spiro atoms. The van der Waals surface area contributed by atoms with Crippen LogP contribution in [0.25, 0.3) is 12.2 Å². The SMILES string of the molecule is C[n+]1ccccc1/C=C/c1ccc(N2CCCCCC2)cc1. The van der Waals surface area contributed by atoms with Crippen molar-refractivity contribution in [2.24, 2.45) is 7.05 Å². The molecule has 0 unspecified atom stereocenters. The third-order valence-electron chi connectivity index (χ3n) is 4.41. The van der Waals surface area contributed by atoms with Crippen LogP contribution in [0, 0.1) is 0 Å². The van der Waals surface area contributed by atoms with Crippen LogP contribution in [0.15, 0.2) is 48.7 Å². The van der Waals surface area contributed by atoms with Crippen molar-refractivity contribution in [2.45, 2.75) is 25.7 Å². The monoisotopic (exact) mass is 293 g/mol. The van der Waals surface area contributed by atoms with Gasteiger partial charge in [0, 0.05) is 37.0 Å². The fourth-order valence-electron chi connectivity index (χ4n) is 3.02. The van der Waals surface area contributed by atoms with Gasteiger partial charge in [0.05, 0.1) is 0 Å². The molecule has 0 saturated carbocycles. The van der Waals surface area contributed by atoms with Gasteiger partial charge in [-0.1, -0.05) is 25.0 Å². The quantitative estimate of drug-likeness (QED) is 0.774. The topological polar surface area (TPSA) is 7.12 Å². The molecule has 0 radical (unpaired) electrons. The van der Waals surface area contributed by atoms with Crippen molar-refractivity contribution < 1.29 is 4.57 Å². The Bertz CT molecular complexity index is 620. The van der Waals surface area contributed by atoms with E-state index in [-0.39, 0.29) is 0 Å². The fourth-order valence-corrected chi connectivity index (χ4v) is 3.02. The number of benzene rings is 1. The summed E-state index contributed by atoms with van der Waals surface area (Å²) in [5.74, 6) is 0. The normalized spacial score (nSPS) is 16.0. The van der Waals surface area contributed by atoms with Gasteiger partial charge in [-0.15, -0.1) is 0 Å². The molecule has 2 aromatic rings. The molecular formula is C20H25N2+. The van der Waals surface area contributed by atoms with E-state index in [4.69, 9.17) is 0 Å². The summed E-state index contributed by atoms with van der Waals surface area (Å²) >= 11 is 0. The number of aromatic nitrogens is 1. The number of hydrogen-bond donors (Lipinski definition) is 0. The lowest BCUT2D eigenvalue weighted by Crippen LogP contribution is -2.30. The molecule has 2 heteroatoms. The molecular weight excluding hydrogens is 268 g/mol. The van der Waals surface area contributed by atoms with E-state index in [2.05, 4.69) is 71.3 Å². The smallest absolute Gasteiger partial charge is 0.204 e. The first kappa shape index (κ1) is 14.8. The summed E-state index contributed by atoms with van der Waals surface area (Å²) in [5.41, 5.74) is 3.82. The molecule has 0 atom stereocenters. The zero-order chi connectivity index (χ0) is 15.2. The summed E-state index contributed by atoms with van der Waals surface area (Å²) in [7, 11) is 2.07. The molecule has 1 aromatic carbocycles. The summed E-state index contributed by atoms with van der Waals surface area (Å²) in [6.45, 7) is 2.41. The van der Waals surface area contributed by atoms with Gasteiger partial charge in [-0.25, -0.2) is 4.57 Å². The Labute approximate surface area is 133 Å². The molecule has 2 nitrogen and oxygen atoms in total. The number of rotatable bonds is 3. The lowest BCUT2D eigenvalue weighted by molar-refractivity contribution is -0.673. The Morgan fingerprint density at radius 2 is 1.59 bits per heavy atom. The molecule has 22 heavy (non-hydrogen) atoms. The second-order valence-corrected chi connectivity index (χ2v) is 6.06. The Morgan fingerprint density at radius 3 is 2.27 bits per heavy atom. The van der Waals surface area contributed by atoms with Gasteiger partial charge in [0.2, 0.25) is 5.69 Å². The molecule has 1 aliphatic rings. The number of pyridine rings is 1. The van der Waals surface area contributed by atoms with Gasteiger partial charge >= 0.3 is 0 Å². The molecule has 1 fully saturated rings. The molecule has 1 aliphatic heterocycles. The first-order chi connectivity index (χ1) is 10.8. The average molecular weight is 293 g/mol. The summed E-state index contributed by atoms with van der Waals surface area (Å²) in [4.78, 5) is 2.53. The highest BCUT2D eigenvalue weighted by molar-refractivity contribution is 5.68. The van der Waals surface area contributed by atoms with Crippen LogP contribution >= 0.6 is 0 Å². The van der Waals surface area contributed by atoms with Crippen molar-refractivity contribution in [2.75, 3.05) is 18.0 Å². The number of hydrogen-bond acceptors (Lipinski definition) is 1. The highest BCUT2D eigenvalue weighted by Gasteiger charge is 2.09. The Balaban J connectivity index is 1.70. The number of aryl methyl sites for hydroxylation is 1. The van der Waals surface area contributed by atoms with E-state index in [0.717, 1.165) is 0 Å². The van der Waals surface area contributed by atoms with Crippen molar-refractivity contribution in [3.05, 3.63) is 59.9 Å². The summed E-state index contributed by atoms with van der Waals surface area (Å²) in [5, 5.41) is 0. The fraction of sp³-hybridized carbons (Fsp3) is 0.350. The van der Waals surface area contributed by atoms with Crippen molar-refractivity contribution in [1.82, 2.24) is 0 Å². The van der Waals surface area contributed by atoms with Crippen LogP contribution in [0.5, 0.6) is 0 Å². The minimum atomic E-state index is 1.20. The van der Waals surface area contributed by atoms with Crippen LogP contribution < -0.4 is 9.47 Å². The van der Waals surface area contributed by atoms with Gasteiger partial charge in [-0.2, -0.15) is 0 Å². The summed E-state index contributed by atoms with van der Waals surface area (Å²) in [6.07, 6.45) is 11.8. The highest BCUT2D eigenvalue weighted by atomic mass is 15.1. The van der Waals surface area contributed by atoms with Crippen LogP contribution in [-0.4, -0.2) is 13.1 Å². The Morgan fingerprint density at radius 1 is 0.864 bits per heavy atom. The first-order valence-corrected chi connectivity index (χ1v) is 8.31. The molecule has 0 amide bonds. The van der Waals surface area contributed by atoms with Crippen LogP contribution in [0.1, 0.15) is 36.9 Å². The van der Waals surface area contributed by atoms with Gasteiger partial charge in [-0.3, -0.25) is 0 Å². The van der Waals surface area contributed by atoms with Crippen molar-refractivity contribution in [1.29, 1.82) is 0 Å². The molecule has 0 N–H and O–H groups in total. The van der Waals surface area contributed by atoms with Gasteiger partial charge in [-0.05, 0) is 42.7 Å². The summed E-state index contributed by atoms with van der Waals surface area (Å²) in [6, 6.07) is 15.2. The predicted octanol–water partition coefficient (Wildman–Crippen LogP) is 4.06. The minimum absolute atomic E-state index is 1.20.